The molecule has 2 heteroatoms. The maximum Gasteiger partial charge on any atom is 0.0540 e. The highest BCUT2D eigenvalue weighted by atomic mass is 15.2. The molecule has 2 nitrogen and oxygen atoms in total. The van der Waals surface area contributed by atoms with Crippen LogP contribution in [0.4, 0.5) is 34.1 Å². The number of allylic oxidation sites excluding steroid dienone is 1. The van der Waals surface area contributed by atoms with Crippen LogP contribution in [0, 0.1) is 30.6 Å². The number of anilines is 6. The summed E-state index contributed by atoms with van der Waals surface area (Å²) < 4.78 is 0. The second-order valence-electron chi connectivity index (χ2n) is 22.2. The fourth-order valence-corrected chi connectivity index (χ4v) is 13.0. The molecule has 0 aromatic heterocycles. The Hall–Kier alpha value is -5.86. The Balaban J connectivity index is 1.30. The molecule has 0 fully saturated rings. The third-order valence-corrected chi connectivity index (χ3v) is 17.3. The zero-order valence-corrected chi connectivity index (χ0v) is 45.5. The molecule has 9 rings (SSSR count). The molecule has 4 atom stereocenters. The van der Waals surface area contributed by atoms with Crippen molar-refractivity contribution in [2.24, 2.45) is 23.7 Å². The Bertz CT molecular complexity index is 2910. The molecule has 0 bridgehead atoms. The van der Waals surface area contributed by atoms with Crippen LogP contribution in [0.5, 0.6) is 0 Å². The van der Waals surface area contributed by atoms with Gasteiger partial charge in [-0.3, -0.25) is 0 Å². The molecule has 7 aromatic rings. The minimum Gasteiger partial charge on any atom is -0.310 e. The van der Waals surface area contributed by atoms with Crippen LogP contribution < -0.4 is 9.80 Å². The quantitative estimate of drug-likeness (QED) is 0.0708. The molecule has 2 aliphatic rings. The molecular formula is C70H84N2. The number of unbranched alkanes of at least 4 members (excludes halogenated alkanes) is 2. The molecule has 374 valence electrons. The van der Waals surface area contributed by atoms with E-state index in [0.29, 0.717) is 29.6 Å². The monoisotopic (exact) mass is 953 g/mol. The van der Waals surface area contributed by atoms with Gasteiger partial charge < -0.3 is 9.80 Å². The van der Waals surface area contributed by atoms with Crippen molar-refractivity contribution in [1.82, 2.24) is 0 Å². The smallest absolute Gasteiger partial charge is 0.0540 e. The zero-order valence-electron chi connectivity index (χ0n) is 45.5. The number of hydrogen-bond donors (Lipinski definition) is 0. The summed E-state index contributed by atoms with van der Waals surface area (Å²) in [5.74, 6) is 2.91. The number of nitrogens with zero attached hydrogens (tertiary/aromatic N) is 2. The number of hydrogen-bond acceptors (Lipinski definition) is 2. The van der Waals surface area contributed by atoms with E-state index in [1.807, 2.05) is 0 Å². The van der Waals surface area contributed by atoms with Gasteiger partial charge in [0, 0.05) is 39.1 Å². The van der Waals surface area contributed by atoms with Crippen LogP contribution in [-0.2, 0) is 11.8 Å². The molecule has 0 spiro atoms. The van der Waals surface area contributed by atoms with Crippen molar-refractivity contribution >= 4 is 51.0 Å². The van der Waals surface area contributed by atoms with Gasteiger partial charge in [0.05, 0.1) is 11.4 Å². The average molecular weight is 953 g/mol. The minimum absolute atomic E-state index is 0.180. The SMILES string of the molecule is CCCCC(CC)CC1(CC(CC)CCCC)c2cc(N(c3ccc(C)cc3)c3cccc4c3C=CC(CC)C(CC)C4)ccc2-c2ccc(N(c3ccc(C(C)C)cc3)c3cccc4ccccc34)cc21. The molecule has 0 amide bonds. The van der Waals surface area contributed by atoms with Crippen LogP contribution in [0.1, 0.15) is 172 Å². The number of benzene rings is 7. The predicted octanol–water partition coefficient (Wildman–Crippen LogP) is 21.3. The van der Waals surface area contributed by atoms with Crippen molar-refractivity contribution in [1.29, 1.82) is 0 Å². The van der Waals surface area contributed by atoms with Gasteiger partial charge in [-0.05, 0) is 162 Å². The van der Waals surface area contributed by atoms with Gasteiger partial charge in [0.15, 0.2) is 0 Å². The van der Waals surface area contributed by atoms with Crippen LogP contribution >= 0.6 is 0 Å². The number of aryl methyl sites for hydroxylation is 1. The lowest BCUT2D eigenvalue weighted by Gasteiger charge is -2.40. The van der Waals surface area contributed by atoms with E-state index in [4.69, 9.17) is 0 Å². The van der Waals surface area contributed by atoms with Gasteiger partial charge in [0.2, 0.25) is 0 Å². The van der Waals surface area contributed by atoms with E-state index in [-0.39, 0.29) is 5.41 Å². The lowest BCUT2D eigenvalue weighted by atomic mass is 9.65. The third kappa shape index (κ3) is 10.2. The summed E-state index contributed by atoms with van der Waals surface area (Å²) in [4.78, 5) is 5.18. The van der Waals surface area contributed by atoms with Crippen molar-refractivity contribution < 1.29 is 0 Å². The van der Waals surface area contributed by atoms with E-state index in [1.165, 1.54) is 154 Å². The van der Waals surface area contributed by atoms with Crippen LogP contribution in [-0.4, -0.2) is 0 Å². The Labute approximate surface area is 435 Å². The summed E-state index contributed by atoms with van der Waals surface area (Å²) in [5, 5.41) is 2.53. The molecule has 7 aromatic carbocycles. The van der Waals surface area contributed by atoms with E-state index >= 15 is 0 Å². The lowest BCUT2D eigenvalue weighted by molar-refractivity contribution is 0.266. The summed E-state index contributed by atoms with van der Waals surface area (Å²) >= 11 is 0. The van der Waals surface area contributed by atoms with Crippen LogP contribution in [0.3, 0.4) is 0 Å². The Morgan fingerprint density at radius 2 is 1.10 bits per heavy atom. The molecule has 0 heterocycles. The molecule has 2 aliphatic carbocycles. The van der Waals surface area contributed by atoms with Crippen molar-refractivity contribution in [2.45, 2.75) is 157 Å². The highest BCUT2D eigenvalue weighted by Crippen LogP contribution is 2.59. The van der Waals surface area contributed by atoms with Crippen LogP contribution in [0.2, 0.25) is 0 Å². The van der Waals surface area contributed by atoms with Crippen LogP contribution in [0.25, 0.3) is 28.0 Å². The van der Waals surface area contributed by atoms with E-state index in [2.05, 4.69) is 230 Å². The van der Waals surface area contributed by atoms with Crippen molar-refractivity contribution in [2.75, 3.05) is 9.80 Å². The van der Waals surface area contributed by atoms with Crippen molar-refractivity contribution in [3.05, 3.63) is 185 Å². The fourth-order valence-electron chi connectivity index (χ4n) is 13.0. The highest BCUT2D eigenvalue weighted by molar-refractivity contribution is 5.99. The topological polar surface area (TPSA) is 6.48 Å². The lowest BCUT2D eigenvalue weighted by Crippen LogP contribution is -2.32. The van der Waals surface area contributed by atoms with E-state index in [9.17, 15) is 0 Å². The molecule has 0 aliphatic heterocycles. The first-order valence-electron chi connectivity index (χ1n) is 28.5. The zero-order chi connectivity index (χ0) is 50.4. The van der Waals surface area contributed by atoms with Gasteiger partial charge in [-0.15, -0.1) is 0 Å². The van der Waals surface area contributed by atoms with E-state index in [0.717, 1.165) is 19.3 Å². The standard InChI is InChI=1S/C70H84N2/c1-10-16-22-51(12-3)47-70(48-52(13-4)23-17-11-2)66-45-60(71(58-35-30-50(9)31-36-58)69-29-21-26-57-44-54(15-6)53(14-5)34-41-63(57)69)39-42-64(66)65-43-40-61(46-67(65)70)72(59-37-32-55(33-38-59)49(7)8)68-28-20-25-56-24-18-19-27-62(56)68/h18-21,24-43,45-46,49,51-54H,10-17,22-23,44,47-48H2,1-9H3. The third-order valence-electron chi connectivity index (χ3n) is 17.3. The van der Waals surface area contributed by atoms with E-state index in [1.54, 1.807) is 0 Å². The van der Waals surface area contributed by atoms with Crippen molar-refractivity contribution in [3.63, 3.8) is 0 Å². The summed E-state index contributed by atoms with van der Waals surface area (Å²) in [6.45, 7) is 21.2. The normalized spacial score (nSPS) is 17.9. The largest absolute Gasteiger partial charge is 0.310 e. The predicted molar refractivity (Wildman–Crippen MR) is 315 cm³/mol. The molecule has 0 radical (unpaired) electrons. The number of fused-ring (bicyclic) bond motifs is 5. The first kappa shape index (κ1) is 51.1. The molecule has 0 saturated heterocycles. The number of rotatable bonds is 21. The van der Waals surface area contributed by atoms with Crippen LogP contribution in [0.15, 0.2) is 152 Å². The van der Waals surface area contributed by atoms with E-state index < -0.39 is 0 Å². The second kappa shape index (κ2) is 22.9. The van der Waals surface area contributed by atoms with Gasteiger partial charge in [-0.1, -0.05) is 216 Å². The first-order valence-corrected chi connectivity index (χ1v) is 28.5. The average Bonchev–Trinajstić information content (AvgIpc) is 3.51. The second-order valence-corrected chi connectivity index (χ2v) is 22.2. The van der Waals surface area contributed by atoms with Gasteiger partial charge in [0.1, 0.15) is 0 Å². The molecule has 0 N–H and O–H groups in total. The highest BCUT2D eigenvalue weighted by Gasteiger charge is 2.46. The fraction of sp³-hybridized carbons (Fsp3) is 0.400. The summed E-state index contributed by atoms with van der Waals surface area (Å²) in [7, 11) is 0. The molecular weight excluding hydrogens is 869 g/mol. The van der Waals surface area contributed by atoms with Gasteiger partial charge in [-0.25, -0.2) is 0 Å². The van der Waals surface area contributed by atoms with Crippen molar-refractivity contribution in [3.8, 4) is 11.1 Å². The maximum absolute atomic E-state index is 2.69. The summed E-state index contributed by atoms with van der Waals surface area (Å²) in [5.41, 5.74) is 18.6. The molecule has 0 saturated carbocycles. The first-order chi connectivity index (χ1) is 35.1. The Morgan fingerprint density at radius 3 is 1.67 bits per heavy atom. The van der Waals surface area contributed by atoms with Gasteiger partial charge >= 0.3 is 0 Å². The maximum atomic E-state index is 2.69. The molecule has 4 unspecified atom stereocenters. The summed E-state index contributed by atoms with van der Waals surface area (Å²) in [6.07, 6.45) is 20.7. The molecule has 72 heavy (non-hydrogen) atoms. The Morgan fingerprint density at radius 1 is 0.556 bits per heavy atom. The Kier molecular flexibility index (Phi) is 16.3. The van der Waals surface area contributed by atoms with Gasteiger partial charge in [0.25, 0.3) is 0 Å². The van der Waals surface area contributed by atoms with Gasteiger partial charge in [-0.2, -0.15) is 0 Å². The minimum atomic E-state index is -0.180. The summed E-state index contributed by atoms with van der Waals surface area (Å²) in [6, 6.07) is 56.9.